The number of aliphatic hydroxyl groups excluding tert-OH is 1. The predicted molar refractivity (Wildman–Crippen MR) is 81.9 cm³/mol. The van der Waals surface area contributed by atoms with Crippen LogP contribution in [0.3, 0.4) is 0 Å². The fourth-order valence-corrected chi connectivity index (χ4v) is 4.47. The van der Waals surface area contributed by atoms with Crippen molar-refractivity contribution in [3.63, 3.8) is 0 Å². The highest BCUT2D eigenvalue weighted by Gasteiger charge is 2.23. The van der Waals surface area contributed by atoms with Gasteiger partial charge in [-0.2, -0.15) is 4.31 Å². The number of hydrogen-bond donors (Lipinski definition) is 1. The van der Waals surface area contributed by atoms with Gasteiger partial charge in [-0.25, -0.2) is 8.42 Å². The third-order valence-electron chi connectivity index (χ3n) is 3.04. The van der Waals surface area contributed by atoms with E-state index in [0.29, 0.717) is 10.6 Å². The van der Waals surface area contributed by atoms with Gasteiger partial charge < -0.3 is 9.84 Å². The Morgan fingerprint density at radius 1 is 1.24 bits per heavy atom. The zero-order chi connectivity index (χ0) is 15.5. The van der Waals surface area contributed by atoms with Crippen LogP contribution in [0, 0.1) is 0 Å². The molecule has 1 aromatic heterocycles. The van der Waals surface area contributed by atoms with Gasteiger partial charge in [0.05, 0.1) is 13.7 Å². The van der Waals surface area contributed by atoms with Gasteiger partial charge in [0.2, 0.25) is 0 Å². The quantitative estimate of drug-likeness (QED) is 0.882. The Hall–Kier alpha value is -1.41. The van der Waals surface area contributed by atoms with Crippen molar-refractivity contribution in [1.82, 2.24) is 4.31 Å². The van der Waals surface area contributed by atoms with E-state index in [2.05, 4.69) is 0 Å². The molecular weight excluding hydrogens is 310 g/mol. The van der Waals surface area contributed by atoms with Crippen LogP contribution in [-0.4, -0.2) is 32.0 Å². The maximum Gasteiger partial charge on any atom is 0.252 e. The monoisotopic (exact) mass is 327 g/mol. The van der Waals surface area contributed by atoms with Gasteiger partial charge in [0.25, 0.3) is 10.0 Å². The van der Waals surface area contributed by atoms with Crippen LogP contribution in [-0.2, 0) is 23.2 Å². The molecule has 0 spiro atoms. The molecule has 0 fully saturated rings. The van der Waals surface area contributed by atoms with E-state index in [9.17, 15) is 8.42 Å². The van der Waals surface area contributed by atoms with E-state index in [1.54, 1.807) is 19.2 Å². The van der Waals surface area contributed by atoms with Gasteiger partial charge in [0.15, 0.2) is 0 Å². The minimum absolute atomic E-state index is 0.156. The van der Waals surface area contributed by atoms with Crippen molar-refractivity contribution in [2.75, 3.05) is 14.2 Å². The van der Waals surface area contributed by atoms with E-state index in [1.807, 2.05) is 18.2 Å². The van der Waals surface area contributed by atoms with Gasteiger partial charge in [0.1, 0.15) is 9.96 Å². The molecule has 7 heteroatoms. The molecule has 1 N–H and O–H groups in total. The van der Waals surface area contributed by atoms with Crippen LogP contribution in [0.1, 0.15) is 10.4 Å². The standard InChI is InChI=1S/C14H17NO4S2/c1-15(9-11-5-3-4-6-13(11)19-2)21(17,18)14-8-7-12(10-16)20-14/h3-8,16H,9-10H2,1-2H3. The number of hydrogen-bond acceptors (Lipinski definition) is 5. The Bertz CT molecular complexity index is 709. The minimum atomic E-state index is -3.57. The molecular formula is C14H17NO4S2. The van der Waals surface area contributed by atoms with Crippen molar-refractivity contribution in [1.29, 1.82) is 0 Å². The molecule has 1 aromatic carbocycles. The largest absolute Gasteiger partial charge is 0.496 e. The van der Waals surface area contributed by atoms with Gasteiger partial charge in [0, 0.05) is 24.0 Å². The molecule has 0 aliphatic carbocycles. The normalized spacial score (nSPS) is 11.8. The molecule has 0 aliphatic heterocycles. The Morgan fingerprint density at radius 2 is 1.95 bits per heavy atom. The molecule has 21 heavy (non-hydrogen) atoms. The number of ether oxygens (including phenoxy) is 1. The van der Waals surface area contributed by atoms with Crippen molar-refractivity contribution in [3.8, 4) is 5.75 Å². The highest BCUT2D eigenvalue weighted by atomic mass is 32.2. The second-order valence-electron chi connectivity index (χ2n) is 4.45. The summed E-state index contributed by atoms with van der Waals surface area (Å²) in [5.74, 6) is 0.654. The maximum absolute atomic E-state index is 12.5. The lowest BCUT2D eigenvalue weighted by Crippen LogP contribution is -2.26. The third kappa shape index (κ3) is 3.44. The van der Waals surface area contributed by atoms with Crippen molar-refractivity contribution in [2.24, 2.45) is 0 Å². The summed E-state index contributed by atoms with van der Waals surface area (Å²) in [4.78, 5) is 0.624. The minimum Gasteiger partial charge on any atom is -0.496 e. The summed E-state index contributed by atoms with van der Waals surface area (Å²) in [6, 6.07) is 10.4. The van der Waals surface area contributed by atoms with E-state index < -0.39 is 10.0 Å². The van der Waals surface area contributed by atoms with Crippen molar-refractivity contribution >= 4 is 21.4 Å². The molecule has 1 heterocycles. The number of thiophene rings is 1. The Balaban J connectivity index is 2.24. The first-order valence-electron chi connectivity index (χ1n) is 6.27. The van der Waals surface area contributed by atoms with E-state index in [1.165, 1.54) is 17.4 Å². The molecule has 2 rings (SSSR count). The van der Waals surface area contributed by atoms with Crippen molar-refractivity contribution < 1.29 is 18.3 Å². The van der Waals surface area contributed by atoms with Gasteiger partial charge in [-0.05, 0) is 18.2 Å². The summed E-state index contributed by atoms with van der Waals surface area (Å²) in [6.45, 7) is 0.0646. The third-order valence-corrected chi connectivity index (χ3v) is 6.38. The summed E-state index contributed by atoms with van der Waals surface area (Å²) >= 11 is 1.08. The summed E-state index contributed by atoms with van der Waals surface area (Å²) in [6.07, 6.45) is 0. The average Bonchev–Trinajstić information content (AvgIpc) is 2.97. The van der Waals surface area contributed by atoms with Gasteiger partial charge >= 0.3 is 0 Å². The first kappa shape index (κ1) is 16.0. The van der Waals surface area contributed by atoms with Gasteiger partial charge in [-0.1, -0.05) is 18.2 Å². The lowest BCUT2D eigenvalue weighted by molar-refractivity contribution is 0.285. The molecule has 0 atom stereocenters. The molecule has 0 radical (unpaired) electrons. The molecule has 0 saturated heterocycles. The molecule has 0 bridgehead atoms. The molecule has 0 amide bonds. The van der Waals surface area contributed by atoms with E-state index in [0.717, 1.165) is 16.9 Å². The summed E-state index contributed by atoms with van der Waals surface area (Å²) in [5, 5.41) is 9.04. The number of rotatable bonds is 6. The second kappa shape index (κ2) is 6.57. The fraction of sp³-hybridized carbons (Fsp3) is 0.286. The highest BCUT2D eigenvalue weighted by Crippen LogP contribution is 2.27. The summed E-state index contributed by atoms with van der Waals surface area (Å²) in [7, 11) is -0.483. The molecule has 2 aromatic rings. The first-order chi connectivity index (χ1) is 9.98. The van der Waals surface area contributed by atoms with Crippen molar-refractivity contribution in [2.45, 2.75) is 17.4 Å². The number of methoxy groups -OCH3 is 1. The predicted octanol–water partition coefficient (Wildman–Crippen LogP) is 2.07. The average molecular weight is 327 g/mol. The topological polar surface area (TPSA) is 66.8 Å². The summed E-state index contributed by atoms with van der Waals surface area (Å²) < 4.78 is 31.7. The number of aliphatic hydroxyl groups is 1. The van der Waals surface area contributed by atoms with E-state index >= 15 is 0 Å². The Kier molecular flexibility index (Phi) is 5.00. The smallest absolute Gasteiger partial charge is 0.252 e. The number of nitrogens with zero attached hydrogens (tertiary/aromatic N) is 1. The number of benzene rings is 1. The van der Waals surface area contributed by atoms with Crippen LogP contribution in [0.5, 0.6) is 5.75 Å². The Labute approximate surface area is 128 Å². The second-order valence-corrected chi connectivity index (χ2v) is 7.89. The molecule has 114 valence electrons. The van der Waals surface area contributed by atoms with Crippen LogP contribution in [0.4, 0.5) is 0 Å². The van der Waals surface area contributed by atoms with Crippen LogP contribution >= 0.6 is 11.3 Å². The zero-order valence-electron chi connectivity index (χ0n) is 11.8. The van der Waals surface area contributed by atoms with Crippen LogP contribution in [0.15, 0.2) is 40.6 Å². The van der Waals surface area contributed by atoms with E-state index in [-0.39, 0.29) is 17.4 Å². The van der Waals surface area contributed by atoms with Gasteiger partial charge in [-0.15, -0.1) is 11.3 Å². The zero-order valence-corrected chi connectivity index (χ0v) is 13.4. The molecule has 0 unspecified atom stereocenters. The SMILES string of the molecule is COc1ccccc1CN(C)S(=O)(=O)c1ccc(CO)s1. The molecule has 0 saturated carbocycles. The summed E-state index contributed by atoms with van der Waals surface area (Å²) in [5.41, 5.74) is 0.796. The molecule has 0 aliphatic rings. The fourth-order valence-electron chi connectivity index (χ4n) is 1.89. The molecule has 5 nitrogen and oxygen atoms in total. The van der Waals surface area contributed by atoms with Crippen LogP contribution in [0.25, 0.3) is 0 Å². The van der Waals surface area contributed by atoms with Crippen LogP contribution in [0.2, 0.25) is 0 Å². The van der Waals surface area contributed by atoms with Crippen molar-refractivity contribution in [3.05, 3.63) is 46.8 Å². The highest BCUT2D eigenvalue weighted by molar-refractivity contribution is 7.91. The first-order valence-corrected chi connectivity index (χ1v) is 8.52. The van der Waals surface area contributed by atoms with E-state index in [4.69, 9.17) is 9.84 Å². The van der Waals surface area contributed by atoms with Gasteiger partial charge in [-0.3, -0.25) is 0 Å². The van der Waals surface area contributed by atoms with Crippen LogP contribution < -0.4 is 4.74 Å². The number of sulfonamides is 1. The Morgan fingerprint density at radius 3 is 2.57 bits per heavy atom. The lowest BCUT2D eigenvalue weighted by Gasteiger charge is -2.17. The lowest BCUT2D eigenvalue weighted by atomic mass is 10.2. The maximum atomic E-state index is 12.5. The number of para-hydroxylation sites is 1.